The second-order valence-electron chi connectivity index (χ2n) is 10.8. The first-order valence-corrected chi connectivity index (χ1v) is 16.9. The molecule has 41 heavy (non-hydrogen) atoms. The zero-order valence-corrected chi connectivity index (χ0v) is 25.3. The molecule has 1 aliphatic rings. The highest BCUT2D eigenvalue weighted by atomic mass is 35.5. The molecule has 0 spiro atoms. The summed E-state index contributed by atoms with van der Waals surface area (Å²) in [5, 5.41) is 5.69. The Morgan fingerprint density at radius 1 is 0.878 bits per heavy atom. The van der Waals surface area contributed by atoms with Gasteiger partial charge in [0.25, 0.3) is 0 Å². The van der Waals surface area contributed by atoms with Crippen molar-refractivity contribution in [1.82, 2.24) is 14.7 Å². The Kier molecular flexibility index (Phi) is 8.13. The number of para-hydroxylation sites is 1. The quantitative estimate of drug-likeness (QED) is 0.182. The molecule has 1 fully saturated rings. The molecule has 0 unspecified atom stereocenters. The van der Waals surface area contributed by atoms with E-state index in [1.54, 1.807) is 29.5 Å². The molecule has 1 aliphatic heterocycles. The second-order valence-corrected chi connectivity index (χ2v) is 14.3. The molecule has 3 heterocycles. The highest BCUT2D eigenvalue weighted by Crippen LogP contribution is 2.37. The molecule has 5 aromatic rings. The van der Waals surface area contributed by atoms with E-state index in [4.69, 9.17) is 16.7 Å². The fourth-order valence-corrected chi connectivity index (χ4v) is 7.41. The minimum Gasteiger partial charge on any atom is -0.297 e. The number of rotatable bonds is 8. The fourth-order valence-electron chi connectivity index (χ4n) is 5.53. The van der Waals surface area contributed by atoms with Gasteiger partial charge in [0.1, 0.15) is 0 Å². The van der Waals surface area contributed by atoms with Crippen LogP contribution in [0.4, 0.5) is 0 Å². The van der Waals surface area contributed by atoms with Gasteiger partial charge in [-0.2, -0.15) is 5.10 Å². The van der Waals surface area contributed by atoms with Gasteiger partial charge in [0.2, 0.25) is 0 Å². The summed E-state index contributed by atoms with van der Waals surface area (Å²) in [6.07, 6.45) is 4.76. The summed E-state index contributed by atoms with van der Waals surface area (Å²) in [5.41, 5.74) is 5.13. The van der Waals surface area contributed by atoms with Crippen molar-refractivity contribution >= 4 is 32.8 Å². The monoisotopic (exact) mass is 601 g/mol. The zero-order valence-electron chi connectivity index (χ0n) is 22.9. The van der Waals surface area contributed by atoms with Crippen LogP contribution in [0.1, 0.15) is 24.1 Å². The molecular weight excluding hydrogens is 570 g/mol. The predicted molar refractivity (Wildman–Crippen MR) is 169 cm³/mol. The molecule has 0 atom stereocenters. The summed E-state index contributed by atoms with van der Waals surface area (Å²) in [6, 6.07) is 32.0. The highest BCUT2D eigenvalue weighted by Gasteiger charge is 2.22. The minimum atomic E-state index is -3.29. The number of likely N-dealkylation sites (tertiary alicyclic amines) is 1. The molecule has 0 aliphatic carbocycles. The van der Waals surface area contributed by atoms with Crippen molar-refractivity contribution in [3.8, 4) is 26.7 Å². The normalized spacial score (nSPS) is 14.9. The first kappa shape index (κ1) is 27.9. The van der Waals surface area contributed by atoms with E-state index in [0.717, 1.165) is 64.4 Å². The Balaban J connectivity index is 1.25. The van der Waals surface area contributed by atoms with Gasteiger partial charge in [-0.3, -0.25) is 4.90 Å². The number of nitrogens with zero attached hydrogens (tertiary/aromatic N) is 3. The molecule has 0 saturated carbocycles. The van der Waals surface area contributed by atoms with Gasteiger partial charge in [-0.15, -0.1) is 11.3 Å². The molecule has 210 valence electrons. The van der Waals surface area contributed by atoms with Crippen LogP contribution in [0.5, 0.6) is 0 Å². The van der Waals surface area contributed by atoms with Gasteiger partial charge in [-0.05, 0) is 91.9 Å². The lowest BCUT2D eigenvalue weighted by Crippen LogP contribution is -2.34. The van der Waals surface area contributed by atoms with E-state index in [1.807, 2.05) is 41.1 Å². The van der Waals surface area contributed by atoms with Crippen molar-refractivity contribution in [3.63, 3.8) is 0 Å². The maximum atomic E-state index is 12.1. The molecule has 3 aromatic carbocycles. The van der Waals surface area contributed by atoms with Crippen molar-refractivity contribution < 1.29 is 8.42 Å². The molecule has 2 aromatic heterocycles. The van der Waals surface area contributed by atoms with Crippen LogP contribution in [0.2, 0.25) is 5.02 Å². The number of sulfone groups is 1. The summed E-state index contributed by atoms with van der Waals surface area (Å²) in [5.74, 6) is 0.718. The highest BCUT2D eigenvalue weighted by molar-refractivity contribution is 7.90. The number of thiophene rings is 1. The zero-order chi connectivity index (χ0) is 28.4. The van der Waals surface area contributed by atoms with Crippen molar-refractivity contribution in [3.05, 3.63) is 113 Å². The Labute approximate surface area is 251 Å². The number of piperidine rings is 1. The summed E-state index contributed by atoms with van der Waals surface area (Å²) < 4.78 is 26.2. The van der Waals surface area contributed by atoms with Crippen LogP contribution >= 0.6 is 22.9 Å². The lowest BCUT2D eigenvalue weighted by atomic mass is 9.90. The van der Waals surface area contributed by atoms with E-state index in [-0.39, 0.29) is 0 Å². The van der Waals surface area contributed by atoms with Crippen LogP contribution in [0.3, 0.4) is 0 Å². The topological polar surface area (TPSA) is 55.2 Å². The van der Waals surface area contributed by atoms with Gasteiger partial charge in [0.15, 0.2) is 9.84 Å². The van der Waals surface area contributed by atoms with Crippen LogP contribution in [0, 0.1) is 5.92 Å². The third-order valence-corrected chi connectivity index (χ3v) is 10.3. The number of aromatic nitrogens is 2. The second kappa shape index (κ2) is 11.9. The fraction of sp³-hybridized carbons (Fsp3) is 0.242. The molecular formula is C33H32ClN3O2S2. The number of hydrogen-bond acceptors (Lipinski definition) is 5. The predicted octanol–water partition coefficient (Wildman–Crippen LogP) is 7.78. The third-order valence-electron chi connectivity index (χ3n) is 7.71. The third kappa shape index (κ3) is 6.49. The number of hydrogen-bond donors (Lipinski definition) is 0. The first-order valence-electron chi connectivity index (χ1n) is 13.8. The first-order chi connectivity index (χ1) is 19.8. The molecule has 0 amide bonds. The van der Waals surface area contributed by atoms with Gasteiger partial charge in [0.05, 0.1) is 31.9 Å². The molecule has 0 bridgehead atoms. The van der Waals surface area contributed by atoms with Gasteiger partial charge >= 0.3 is 0 Å². The molecule has 8 heteroatoms. The van der Waals surface area contributed by atoms with E-state index in [9.17, 15) is 8.42 Å². The van der Waals surface area contributed by atoms with Crippen molar-refractivity contribution in [2.45, 2.75) is 30.7 Å². The number of benzene rings is 3. The molecule has 0 N–H and O–H groups in total. The van der Waals surface area contributed by atoms with Crippen LogP contribution < -0.4 is 0 Å². The summed E-state index contributed by atoms with van der Waals surface area (Å²) in [4.78, 5) is 4.87. The summed E-state index contributed by atoms with van der Waals surface area (Å²) in [7, 11) is -3.29. The van der Waals surface area contributed by atoms with Gasteiger partial charge in [-0.1, -0.05) is 66.2 Å². The molecule has 5 nitrogen and oxygen atoms in total. The summed E-state index contributed by atoms with van der Waals surface area (Å²) in [6.45, 7) is 2.91. The largest absolute Gasteiger partial charge is 0.297 e. The van der Waals surface area contributed by atoms with Crippen LogP contribution in [0.25, 0.3) is 26.7 Å². The van der Waals surface area contributed by atoms with Gasteiger partial charge in [-0.25, -0.2) is 13.1 Å². The Morgan fingerprint density at radius 2 is 1.61 bits per heavy atom. The van der Waals surface area contributed by atoms with Gasteiger partial charge < -0.3 is 0 Å². The van der Waals surface area contributed by atoms with E-state index < -0.39 is 9.84 Å². The van der Waals surface area contributed by atoms with Crippen molar-refractivity contribution in [2.75, 3.05) is 19.3 Å². The van der Waals surface area contributed by atoms with Crippen LogP contribution in [0.15, 0.2) is 102 Å². The Hall–Kier alpha value is -3.23. The van der Waals surface area contributed by atoms with E-state index in [1.165, 1.54) is 24.7 Å². The average molecular weight is 602 g/mol. The lowest BCUT2D eigenvalue weighted by Gasteiger charge is -2.31. The van der Waals surface area contributed by atoms with E-state index in [0.29, 0.717) is 9.92 Å². The maximum absolute atomic E-state index is 12.1. The smallest absolute Gasteiger partial charge is 0.175 e. The number of halogens is 1. The molecule has 6 rings (SSSR count). The van der Waals surface area contributed by atoms with E-state index >= 15 is 0 Å². The summed E-state index contributed by atoms with van der Waals surface area (Å²) >= 11 is 8.26. The Bertz CT molecular complexity index is 1750. The molecule has 0 radical (unpaired) electrons. The van der Waals surface area contributed by atoms with Crippen LogP contribution in [-0.4, -0.2) is 42.4 Å². The van der Waals surface area contributed by atoms with Gasteiger partial charge in [0, 0.05) is 17.7 Å². The molecule has 1 saturated heterocycles. The standard InChI is InChI=1S/C33H32ClN3O2S2/c1-41(38,39)28-11-7-10-26(21-28)32-14-15-33(40-32)31-22-27(35-37(31)30-13-6-5-12-29(30)34)23-36-18-16-25(17-19-36)20-24-8-3-2-4-9-24/h2-15,21-22,25H,16-20,23H2,1H3. The van der Waals surface area contributed by atoms with Crippen molar-refractivity contribution in [1.29, 1.82) is 0 Å². The van der Waals surface area contributed by atoms with Crippen LogP contribution in [-0.2, 0) is 22.8 Å². The lowest BCUT2D eigenvalue weighted by molar-refractivity contribution is 0.175. The van der Waals surface area contributed by atoms with E-state index in [2.05, 4.69) is 47.4 Å². The van der Waals surface area contributed by atoms with Crippen molar-refractivity contribution in [2.24, 2.45) is 5.92 Å². The maximum Gasteiger partial charge on any atom is 0.175 e. The minimum absolute atomic E-state index is 0.320. The SMILES string of the molecule is CS(=O)(=O)c1cccc(-c2ccc(-c3cc(CN4CCC(Cc5ccccc5)CC4)nn3-c3ccccc3Cl)s2)c1. The average Bonchev–Trinajstić information content (AvgIpc) is 3.62. The Morgan fingerprint density at radius 3 is 2.37 bits per heavy atom.